The minimum Gasteiger partial charge on any atom is -0.482 e. The van der Waals surface area contributed by atoms with Crippen LogP contribution >= 0.6 is 0 Å². The van der Waals surface area contributed by atoms with Crippen molar-refractivity contribution in [3.8, 4) is 5.75 Å². The Hall–Kier alpha value is -3.16. The van der Waals surface area contributed by atoms with Crippen molar-refractivity contribution in [1.29, 1.82) is 0 Å². The van der Waals surface area contributed by atoms with Crippen molar-refractivity contribution < 1.29 is 19.1 Å². The van der Waals surface area contributed by atoms with Gasteiger partial charge >= 0.3 is 5.97 Å². The third kappa shape index (κ3) is 5.16. The zero-order valence-corrected chi connectivity index (χ0v) is 15.1. The standard InChI is InChI=1S/C19H22N4O4/c1-26-17(24)13-27-16-7-2-6-15(11-16)22-18(25)14-5-3-10-23(12-14)19-20-8-4-9-21-19/h2,4,6-9,11,14H,3,5,10,12-13H2,1H3,(H,22,25)/t14-/m1/s1. The average molecular weight is 370 g/mol. The van der Waals surface area contributed by atoms with E-state index in [9.17, 15) is 9.59 Å². The summed E-state index contributed by atoms with van der Waals surface area (Å²) in [7, 11) is 1.30. The summed E-state index contributed by atoms with van der Waals surface area (Å²) in [5.41, 5.74) is 0.621. The monoisotopic (exact) mass is 370 g/mol. The Balaban J connectivity index is 1.59. The molecule has 0 bridgehead atoms. The molecule has 0 unspecified atom stereocenters. The molecule has 8 nitrogen and oxygen atoms in total. The number of hydrogen-bond donors (Lipinski definition) is 1. The number of rotatable bonds is 6. The van der Waals surface area contributed by atoms with Gasteiger partial charge in [-0.2, -0.15) is 0 Å². The molecule has 1 atom stereocenters. The van der Waals surface area contributed by atoms with E-state index in [1.807, 2.05) is 4.90 Å². The van der Waals surface area contributed by atoms with Crippen LogP contribution < -0.4 is 15.0 Å². The van der Waals surface area contributed by atoms with Crippen LogP contribution in [-0.4, -0.2) is 48.7 Å². The minimum atomic E-state index is -0.463. The van der Waals surface area contributed by atoms with Gasteiger partial charge in [0.25, 0.3) is 0 Å². The van der Waals surface area contributed by atoms with E-state index in [0.29, 0.717) is 23.9 Å². The lowest BCUT2D eigenvalue weighted by molar-refractivity contribution is -0.142. The van der Waals surface area contributed by atoms with Crippen LogP contribution in [0.3, 0.4) is 0 Å². The van der Waals surface area contributed by atoms with Gasteiger partial charge < -0.3 is 19.7 Å². The number of esters is 1. The van der Waals surface area contributed by atoms with Crippen LogP contribution in [-0.2, 0) is 14.3 Å². The molecule has 8 heteroatoms. The molecule has 2 heterocycles. The Labute approximate surface area is 157 Å². The van der Waals surface area contributed by atoms with Gasteiger partial charge in [-0.3, -0.25) is 4.79 Å². The van der Waals surface area contributed by atoms with Crippen LogP contribution in [0, 0.1) is 5.92 Å². The molecular formula is C19H22N4O4. The van der Waals surface area contributed by atoms with Crippen LogP contribution in [0.5, 0.6) is 5.75 Å². The molecule has 0 radical (unpaired) electrons. The molecular weight excluding hydrogens is 348 g/mol. The predicted molar refractivity (Wildman–Crippen MR) is 99.6 cm³/mol. The van der Waals surface area contributed by atoms with E-state index in [1.54, 1.807) is 42.7 Å². The van der Waals surface area contributed by atoms with Gasteiger partial charge in [0, 0.05) is 37.2 Å². The lowest BCUT2D eigenvalue weighted by Crippen LogP contribution is -2.41. The number of piperidine rings is 1. The molecule has 27 heavy (non-hydrogen) atoms. The number of carbonyl (C=O) groups is 2. The first-order valence-corrected chi connectivity index (χ1v) is 8.78. The number of benzene rings is 1. The normalized spacial score (nSPS) is 16.5. The summed E-state index contributed by atoms with van der Waals surface area (Å²) < 4.78 is 9.89. The number of nitrogens with one attached hydrogen (secondary N) is 1. The molecule has 0 saturated carbocycles. The van der Waals surface area contributed by atoms with Crippen LogP contribution in [0.4, 0.5) is 11.6 Å². The summed E-state index contributed by atoms with van der Waals surface area (Å²) in [6.45, 7) is 1.24. The molecule has 1 N–H and O–H groups in total. The Morgan fingerprint density at radius 2 is 2.07 bits per heavy atom. The van der Waals surface area contributed by atoms with Crippen LogP contribution in [0.2, 0.25) is 0 Å². The first kappa shape index (κ1) is 18.6. The number of ether oxygens (including phenoxy) is 2. The summed E-state index contributed by atoms with van der Waals surface area (Å²) in [6.07, 6.45) is 5.12. The molecule has 1 fully saturated rings. The zero-order chi connectivity index (χ0) is 19.1. The van der Waals surface area contributed by atoms with Crippen molar-refractivity contribution in [2.24, 2.45) is 5.92 Å². The number of amides is 1. The summed E-state index contributed by atoms with van der Waals surface area (Å²) in [4.78, 5) is 34.4. The Morgan fingerprint density at radius 1 is 1.26 bits per heavy atom. The maximum absolute atomic E-state index is 12.7. The number of hydrogen-bond acceptors (Lipinski definition) is 7. The molecule has 1 saturated heterocycles. The van der Waals surface area contributed by atoms with E-state index in [2.05, 4.69) is 20.0 Å². The molecule has 2 aromatic rings. The molecule has 0 spiro atoms. The fourth-order valence-electron chi connectivity index (χ4n) is 2.94. The van der Waals surface area contributed by atoms with Gasteiger partial charge in [-0.15, -0.1) is 0 Å². The Bertz CT molecular complexity index is 784. The van der Waals surface area contributed by atoms with Gasteiger partial charge in [-0.1, -0.05) is 6.07 Å². The second-order valence-electron chi connectivity index (χ2n) is 6.22. The Kier molecular flexibility index (Phi) is 6.19. The number of methoxy groups -OCH3 is 1. The third-order valence-corrected chi connectivity index (χ3v) is 4.31. The van der Waals surface area contributed by atoms with E-state index in [4.69, 9.17) is 4.74 Å². The van der Waals surface area contributed by atoms with Gasteiger partial charge in [0.2, 0.25) is 11.9 Å². The molecule has 1 amide bonds. The van der Waals surface area contributed by atoms with Crippen molar-refractivity contribution in [3.63, 3.8) is 0 Å². The van der Waals surface area contributed by atoms with Gasteiger partial charge in [0.15, 0.2) is 6.61 Å². The van der Waals surface area contributed by atoms with Crippen LogP contribution in [0.25, 0.3) is 0 Å². The van der Waals surface area contributed by atoms with Crippen molar-refractivity contribution >= 4 is 23.5 Å². The first-order valence-electron chi connectivity index (χ1n) is 8.78. The van der Waals surface area contributed by atoms with Crippen LogP contribution in [0.1, 0.15) is 12.8 Å². The quantitative estimate of drug-likeness (QED) is 0.776. The smallest absolute Gasteiger partial charge is 0.343 e. The minimum absolute atomic E-state index is 0.0549. The number of nitrogens with zero attached hydrogens (tertiary/aromatic N) is 3. The van der Waals surface area contributed by atoms with Crippen molar-refractivity contribution in [3.05, 3.63) is 42.7 Å². The zero-order valence-electron chi connectivity index (χ0n) is 15.1. The largest absolute Gasteiger partial charge is 0.482 e. The second kappa shape index (κ2) is 8.98. The van der Waals surface area contributed by atoms with Gasteiger partial charge in [-0.25, -0.2) is 14.8 Å². The van der Waals surface area contributed by atoms with E-state index in [0.717, 1.165) is 19.4 Å². The molecule has 1 aliphatic rings. The average Bonchev–Trinajstić information content (AvgIpc) is 2.73. The highest BCUT2D eigenvalue weighted by Crippen LogP contribution is 2.23. The topological polar surface area (TPSA) is 93.6 Å². The van der Waals surface area contributed by atoms with E-state index in [1.165, 1.54) is 7.11 Å². The van der Waals surface area contributed by atoms with Gasteiger partial charge in [-0.05, 0) is 31.0 Å². The second-order valence-corrected chi connectivity index (χ2v) is 6.22. The molecule has 0 aliphatic carbocycles. The van der Waals surface area contributed by atoms with E-state index in [-0.39, 0.29) is 18.4 Å². The maximum atomic E-state index is 12.7. The highest BCUT2D eigenvalue weighted by Gasteiger charge is 2.27. The highest BCUT2D eigenvalue weighted by molar-refractivity contribution is 5.93. The van der Waals surface area contributed by atoms with Crippen molar-refractivity contribution in [1.82, 2.24) is 9.97 Å². The predicted octanol–water partition coefficient (Wildman–Crippen LogP) is 1.88. The van der Waals surface area contributed by atoms with Crippen molar-refractivity contribution in [2.75, 3.05) is 37.0 Å². The molecule has 1 aliphatic heterocycles. The summed E-state index contributed by atoms with van der Waals surface area (Å²) in [6, 6.07) is 8.71. The SMILES string of the molecule is COC(=O)COc1cccc(NC(=O)[C@@H]2CCCN(c3ncccn3)C2)c1. The molecule has 142 valence electrons. The van der Waals surface area contributed by atoms with Crippen LogP contribution in [0.15, 0.2) is 42.7 Å². The molecule has 3 rings (SSSR count). The van der Waals surface area contributed by atoms with Gasteiger partial charge in [0.1, 0.15) is 5.75 Å². The lowest BCUT2D eigenvalue weighted by atomic mass is 9.97. The van der Waals surface area contributed by atoms with Crippen molar-refractivity contribution in [2.45, 2.75) is 12.8 Å². The van der Waals surface area contributed by atoms with Gasteiger partial charge in [0.05, 0.1) is 13.0 Å². The molecule has 1 aromatic heterocycles. The fourth-order valence-corrected chi connectivity index (χ4v) is 2.94. The summed E-state index contributed by atoms with van der Waals surface area (Å²) in [5, 5.41) is 2.92. The molecule has 1 aromatic carbocycles. The number of anilines is 2. The fraction of sp³-hybridized carbons (Fsp3) is 0.368. The van der Waals surface area contributed by atoms with E-state index >= 15 is 0 Å². The maximum Gasteiger partial charge on any atom is 0.343 e. The number of carbonyl (C=O) groups excluding carboxylic acids is 2. The summed E-state index contributed by atoms with van der Waals surface area (Å²) >= 11 is 0. The third-order valence-electron chi connectivity index (χ3n) is 4.31. The summed E-state index contributed by atoms with van der Waals surface area (Å²) in [5.74, 6) is 0.465. The first-order chi connectivity index (χ1) is 13.2. The lowest BCUT2D eigenvalue weighted by Gasteiger charge is -2.31. The van der Waals surface area contributed by atoms with E-state index < -0.39 is 5.97 Å². The Morgan fingerprint density at radius 3 is 2.85 bits per heavy atom. The number of aromatic nitrogens is 2. The highest BCUT2D eigenvalue weighted by atomic mass is 16.6.